The lowest BCUT2D eigenvalue weighted by atomic mass is 9.91. The highest BCUT2D eigenvalue weighted by atomic mass is 19.4. The second kappa shape index (κ2) is 7.20. The van der Waals surface area contributed by atoms with E-state index in [1.165, 1.54) is 6.07 Å². The Hall–Kier alpha value is -1.11. The van der Waals surface area contributed by atoms with Gasteiger partial charge in [0.15, 0.2) is 0 Å². The zero-order valence-electron chi connectivity index (χ0n) is 13.6. The highest BCUT2D eigenvalue weighted by molar-refractivity contribution is 5.29. The van der Waals surface area contributed by atoms with Crippen LogP contribution in [0.2, 0.25) is 0 Å². The Morgan fingerprint density at radius 1 is 1.22 bits per heavy atom. The molecule has 0 amide bonds. The first-order chi connectivity index (χ1) is 10.7. The highest BCUT2D eigenvalue weighted by Gasteiger charge is 2.34. The molecule has 1 fully saturated rings. The average Bonchev–Trinajstić information content (AvgIpc) is 2.49. The van der Waals surface area contributed by atoms with E-state index in [4.69, 9.17) is 4.74 Å². The first-order valence-electron chi connectivity index (χ1n) is 7.84. The van der Waals surface area contributed by atoms with E-state index in [9.17, 15) is 18.3 Å². The quantitative estimate of drug-likeness (QED) is 0.899. The van der Waals surface area contributed by atoms with Gasteiger partial charge < -0.3 is 14.7 Å². The molecule has 6 heteroatoms. The Morgan fingerprint density at radius 3 is 2.39 bits per heavy atom. The van der Waals surface area contributed by atoms with Crippen molar-refractivity contribution in [2.45, 2.75) is 31.5 Å². The van der Waals surface area contributed by atoms with Crippen molar-refractivity contribution in [1.29, 1.82) is 0 Å². The Kier molecular flexibility index (Phi) is 5.70. The van der Waals surface area contributed by atoms with Crippen LogP contribution in [0.25, 0.3) is 0 Å². The molecule has 0 radical (unpaired) electrons. The van der Waals surface area contributed by atoms with Gasteiger partial charge in [-0.15, -0.1) is 0 Å². The monoisotopic (exact) mass is 331 g/mol. The molecule has 1 saturated heterocycles. The van der Waals surface area contributed by atoms with Crippen LogP contribution in [0, 0.1) is 5.92 Å². The fourth-order valence-electron chi connectivity index (χ4n) is 3.10. The third kappa shape index (κ3) is 4.93. The van der Waals surface area contributed by atoms with Crippen molar-refractivity contribution in [3.05, 3.63) is 35.4 Å². The predicted octanol–water partition coefficient (Wildman–Crippen LogP) is 3.27. The van der Waals surface area contributed by atoms with E-state index in [2.05, 4.69) is 4.90 Å². The van der Waals surface area contributed by atoms with Gasteiger partial charge in [-0.05, 0) is 56.5 Å². The summed E-state index contributed by atoms with van der Waals surface area (Å²) in [6.45, 7) is 4.28. The van der Waals surface area contributed by atoms with Crippen LogP contribution in [0.15, 0.2) is 24.3 Å². The van der Waals surface area contributed by atoms with E-state index in [1.54, 1.807) is 20.1 Å². The molecule has 1 aromatic rings. The second-order valence-electron chi connectivity index (χ2n) is 6.53. The second-order valence-corrected chi connectivity index (χ2v) is 6.53. The Bertz CT molecular complexity index is 509. The van der Waals surface area contributed by atoms with Crippen molar-refractivity contribution in [1.82, 2.24) is 4.90 Å². The van der Waals surface area contributed by atoms with Crippen LogP contribution in [0.3, 0.4) is 0 Å². The highest BCUT2D eigenvalue weighted by Crippen LogP contribution is 2.32. The van der Waals surface area contributed by atoms with Gasteiger partial charge in [0, 0.05) is 20.3 Å². The molecule has 1 atom stereocenters. The molecule has 0 aliphatic carbocycles. The number of piperidine rings is 1. The molecule has 2 rings (SSSR count). The maximum Gasteiger partial charge on any atom is 0.416 e. The predicted molar refractivity (Wildman–Crippen MR) is 82.1 cm³/mol. The number of benzene rings is 1. The number of aliphatic hydroxyl groups is 1. The summed E-state index contributed by atoms with van der Waals surface area (Å²) in [6.07, 6.45) is -2.44. The van der Waals surface area contributed by atoms with Gasteiger partial charge >= 0.3 is 6.18 Å². The number of hydrogen-bond acceptors (Lipinski definition) is 3. The first kappa shape index (κ1) is 18.2. The van der Waals surface area contributed by atoms with Crippen molar-refractivity contribution in [2.75, 3.05) is 33.4 Å². The number of hydrogen-bond donors (Lipinski definition) is 1. The number of halogens is 3. The third-order valence-electron chi connectivity index (χ3n) is 4.45. The molecule has 1 unspecified atom stereocenters. The van der Waals surface area contributed by atoms with Crippen LogP contribution >= 0.6 is 0 Å². The average molecular weight is 331 g/mol. The molecule has 1 N–H and O–H groups in total. The summed E-state index contributed by atoms with van der Waals surface area (Å²) in [5.41, 5.74) is -1.74. The molecule has 23 heavy (non-hydrogen) atoms. The lowest BCUT2D eigenvalue weighted by molar-refractivity contribution is -0.137. The number of methoxy groups -OCH3 is 1. The summed E-state index contributed by atoms with van der Waals surface area (Å²) in [5, 5.41) is 10.7. The largest absolute Gasteiger partial charge is 0.416 e. The summed E-state index contributed by atoms with van der Waals surface area (Å²) in [5.74, 6) is 0.523. The lowest BCUT2D eigenvalue weighted by Gasteiger charge is -2.36. The minimum Gasteiger partial charge on any atom is -0.384 e. The molecule has 0 aromatic heterocycles. The molecule has 0 spiro atoms. The van der Waals surface area contributed by atoms with E-state index >= 15 is 0 Å². The molecule has 1 aliphatic heterocycles. The van der Waals surface area contributed by atoms with Gasteiger partial charge in [-0.25, -0.2) is 0 Å². The van der Waals surface area contributed by atoms with Gasteiger partial charge in [-0.2, -0.15) is 13.2 Å². The van der Waals surface area contributed by atoms with Crippen molar-refractivity contribution in [3.63, 3.8) is 0 Å². The van der Waals surface area contributed by atoms with Gasteiger partial charge in [0.25, 0.3) is 0 Å². The van der Waals surface area contributed by atoms with Crippen molar-refractivity contribution < 1.29 is 23.0 Å². The maximum absolute atomic E-state index is 12.8. The number of likely N-dealkylation sites (tertiary alicyclic amines) is 1. The van der Waals surface area contributed by atoms with Crippen molar-refractivity contribution >= 4 is 0 Å². The number of alkyl halides is 3. The fraction of sp³-hybridized carbons (Fsp3) is 0.647. The molecule has 0 bridgehead atoms. The van der Waals surface area contributed by atoms with Gasteiger partial charge in [0.1, 0.15) is 0 Å². The zero-order chi connectivity index (χ0) is 17.1. The first-order valence-corrected chi connectivity index (χ1v) is 7.84. The van der Waals surface area contributed by atoms with Crippen molar-refractivity contribution in [2.24, 2.45) is 5.92 Å². The van der Waals surface area contributed by atoms with Crippen LogP contribution < -0.4 is 0 Å². The summed E-state index contributed by atoms with van der Waals surface area (Å²) >= 11 is 0. The summed E-state index contributed by atoms with van der Waals surface area (Å²) in [7, 11) is 1.69. The van der Waals surface area contributed by atoms with E-state index in [0.717, 1.165) is 44.7 Å². The molecule has 130 valence electrons. The van der Waals surface area contributed by atoms with Crippen LogP contribution in [0.5, 0.6) is 0 Å². The van der Waals surface area contributed by atoms with E-state index in [-0.39, 0.29) is 0 Å². The van der Waals surface area contributed by atoms with Crippen LogP contribution in [-0.2, 0) is 16.5 Å². The lowest BCUT2D eigenvalue weighted by Crippen LogP contribution is -2.43. The number of β-amino-alcohol motifs (C(OH)–C–C–N with tert-alkyl or cyclic N) is 1. The van der Waals surface area contributed by atoms with Crippen LogP contribution in [0.1, 0.15) is 30.9 Å². The van der Waals surface area contributed by atoms with E-state index < -0.39 is 17.3 Å². The third-order valence-corrected chi connectivity index (χ3v) is 4.45. The minimum absolute atomic E-state index is 0.298. The Morgan fingerprint density at radius 2 is 1.83 bits per heavy atom. The molecule has 0 saturated carbocycles. The number of rotatable bonds is 5. The van der Waals surface area contributed by atoms with Gasteiger partial charge in [-0.1, -0.05) is 12.1 Å². The molecule has 1 aromatic carbocycles. The molecular formula is C17H24F3NO2. The van der Waals surface area contributed by atoms with Crippen LogP contribution in [-0.4, -0.2) is 43.4 Å². The summed E-state index contributed by atoms with van der Waals surface area (Å²) in [6, 6.07) is 4.96. The van der Waals surface area contributed by atoms with E-state index in [0.29, 0.717) is 18.0 Å². The van der Waals surface area contributed by atoms with Crippen molar-refractivity contribution in [3.8, 4) is 0 Å². The zero-order valence-corrected chi connectivity index (χ0v) is 13.6. The smallest absolute Gasteiger partial charge is 0.384 e. The fourth-order valence-corrected chi connectivity index (χ4v) is 3.10. The summed E-state index contributed by atoms with van der Waals surface area (Å²) < 4.78 is 43.6. The molecule has 1 heterocycles. The van der Waals surface area contributed by atoms with Gasteiger partial charge in [-0.3, -0.25) is 0 Å². The standard InChI is InChI=1S/C17H24F3NO2/c1-16(22,12-21-8-6-13(7-9-21)11-23-2)14-4-3-5-15(10-14)17(18,19)20/h3-5,10,13,22H,6-9,11-12H2,1-2H3. The topological polar surface area (TPSA) is 32.7 Å². The Labute approximate surface area is 135 Å². The molecule has 1 aliphatic rings. The van der Waals surface area contributed by atoms with Crippen LogP contribution in [0.4, 0.5) is 13.2 Å². The Balaban J connectivity index is 2.02. The van der Waals surface area contributed by atoms with E-state index in [1.807, 2.05) is 0 Å². The minimum atomic E-state index is -4.40. The number of nitrogens with zero attached hydrogens (tertiary/aromatic N) is 1. The summed E-state index contributed by atoms with van der Waals surface area (Å²) in [4.78, 5) is 2.10. The molecule has 3 nitrogen and oxygen atoms in total. The van der Waals surface area contributed by atoms with Gasteiger partial charge in [0.05, 0.1) is 11.2 Å². The molecular weight excluding hydrogens is 307 g/mol. The normalized spacial score (nSPS) is 20.4. The maximum atomic E-state index is 12.8. The number of ether oxygens (including phenoxy) is 1. The van der Waals surface area contributed by atoms with Gasteiger partial charge in [0.2, 0.25) is 0 Å². The SMILES string of the molecule is COCC1CCN(CC(C)(O)c2cccc(C(F)(F)F)c2)CC1.